The third kappa shape index (κ3) is 3.74. The molecule has 134 valence electrons. The smallest absolute Gasteiger partial charge is 0.252 e. The van der Waals surface area contributed by atoms with Crippen LogP contribution in [0.1, 0.15) is 34.7 Å². The van der Waals surface area contributed by atoms with Gasteiger partial charge in [0.1, 0.15) is 23.4 Å². The highest BCUT2D eigenvalue weighted by atomic mass is 19.1. The monoisotopic (exact) mass is 353 g/mol. The minimum atomic E-state index is -0.699. The molecule has 3 aromatic rings. The molecule has 0 radical (unpaired) electrons. The fourth-order valence-electron chi connectivity index (χ4n) is 2.73. The van der Waals surface area contributed by atoms with Gasteiger partial charge in [-0.05, 0) is 37.3 Å². The summed E-state index contributed by atoms with van der Waals surface area (Å²) in [5, 5.41) is 2.88. The third-order valence-electron chi connectivity index (χ3n) is 4.04. The van der Waals surface area contributed by atoms with Gasteiger partial charge in [-0.2, -0.15) is 0 Å². The van der Waals surface area contributed by atoms with Crippen molar-refractivity contribution in [1.29, 1.82) is 0 Å². The second-order valence-electron chi connectivity index (χ2n) is 5.78. The van der Waals surface area contributed by atoms with Crippen LogP contribution in [0.3, 0.4) is 0 Å². The van der Waals surface area contributed by atoms with Crippen molar-refractivity contribution in [1.82, 2.24) is 14.9 Å². The van der Waals surface area contributed by atoms with Crippen LogP contribution in [-0.4, -0.2) is 22.1 Å². The number of aryl methyl sites for hydroxylation is 1. The van der Waals surface area contributed by atoms with E-state index in [1.807, 2.05) is 6.92 Å². The van der Waals surface area contributed by atoms with Gasteiger partial charge < -0.3 is 14.6 Å². The number of nitrogens with zero attached hydrogens (tertiary/aromatic N) is 2. The SMILES string of the molecule is CCOc1ccc(C(=O)N[C@@H](c2ccccc2F)c2nccn2C)cc1. The molecule has 0 saturated carbocycles. The topological polar surface area (TPSA) is 56.1 Å². The summed E-state index contributed by atoms with van der Waals surface area (Å²) in [7, 11) is 1.80. The number of halogens is 1. The van der Waals surface area contributed by atoms with E-state index >= 15 is 0 Å². The summed E-state index contributed by atoms with van der Waals surface area (Å²) in [5.74, 6) is 0.532. The molecule has 0 saturated heterocycles. The third-order valence-corrected chi connectivity index (χ3v) is 4.04. The molecular formula is C20H20FN3O2. The van der Waals surface area contributed by atoms with Crippen molar-refractivity contribution in [3.8, 4) is 5.75 Å². The Hall–Kier alpha value is -3.15. The predicted octanol–water partition coefficient (Wildman–Crippen LogP) is 3.48. The van der Waals surface area contributed by atoms with Gasteiger partial charge in [0.25, 0.3) is 5.91 Å². The van der Waals surface area contributed by atoms with Crippen molar-refractivity contribution < 1.29 is 13.9 Å². The molecule has 1 N–H and O–H groups in total. The molecule has 0 bridgehead atoms. The van der Waals surface area contributed by atoms with Gasteiger partial charge in [-0.3, -0.25) is 4.79 Å². The van der Waals surface area contributed by atoms with Gasteiger partial charge in [0.15, 0.2) is 0 Å². The van der Waals surface area contributed by atoms with Crippen molar-refractivity contribution >= 4 is 5.91 Å². The van der Waals surface area contributed by atoms with Gasteiger partial charge in [0.2, 0.25) is 0 Å². The van der Waals surface area contributed by atoms with Crippen molar-refractivity contribution in [2.24, 2.45) is 7.05 Å². The molecule has 0 aliphatic heterocycles. The molecule has 0 aliphatic rings. The number of nitrogens with one attached hydrogen (secondary N) is 1. The number of aromatic nitrogens is 2. The molecule has 1 atom stereocenters. The lowest BCUT2D eigenvalue weighted by molar-refractivity contribution is 0.0940. The number of hydrogen-bond donors (Lipinski definition) is 1. The molecule has 1 amide bonds. The first-order valence-corrected chi connectivity index (χ1v) is 8.35. The fourth-order valence-corrected chi connectivity index (χ4v) is 2.73. The Bertz CT molecular complexity index is 890. The Balaban J connectivity index is 1.90. The van der Waals surface area contributed by atoms with E-state index in [0.717, 1.165) is 0 Å². The minimum absolute atomic E-state index is 0.315. The van der Waals surface area contributed by atoms with E-state index < -0.39 is 11.9 Å². The molecule has 0 aliphatic carbocycles. The highest BCUT2D eigenvalue weighted by molar-refractivity contribution is 5.94. The van der Waals surface area contributed by atoms with Crippen LogP contribution in [0.15, 0.2) is 60.9 Å². The van der Waals surface area contributed by atoms with Crippen molar-refractivity contribution in [2.75, 3.05) is 6.61 Å². The number of imidazole rings is 1. The molecule has 0 fully saturated rings. The van der Waals surface area contributed by atoms with Gasteiger partial charge in [0.05, 0.1) is 6.61 Å². The molecule has 1 heterocycles. The lowest BCUT2D eigenvalue weighted by Crippen LogP contribution is -2.31. The number of carbonyl (C=O) groups excluding carboxylic acids is 1. The summed E-state index contributed by atoms with van der Waals surface area (Å²) in [6, 6.07) is 12.5. The number of amides is 1. The summed E-state index contributed by atoms with van der Waals surface area (Å²) in [5.41, 5.74) is 0.824. The van der Waals surface area contributed by atoms with Crippen LogP contribution in [0.4, 0.5) is 4.39 Å². The molecule has 0 spiro atoms. The Labute approximate surface area is 151 Å². The fraction of sp³-hybridized carbons (Fsp3) is 0.200. The van der Waals surface area contributed by atoms with Crippen LogP contribution < -0.4 is 10.1 Å². The Kier molecular flexibility index (Phi) is 5.31. The molecular weight excluding hydrogens is 333 g/mol. The molecule has 1 aromatic heterocycles. The van der Waals surface area contributed by atoms with Crippen LogP contribution in [-0.2, 0) is 7.05 Å². The van der Waals surface area contributed by atoms with E-state index in [1.165, 1.54) is 6.07 Å². The first-order chi connectivity index (χ1) is 12.6. The largest absolute Gasteiger partial charge is 0.494 e. The highest BCUT2D eigenvalue weighted by Crippen LogP contribution is 2.24. The number of rotatable bonds is 6. The number of hydrogen-bond acceptors (Lipinski definition) is 3. The van der Waals surface area contributed by atoms with Gasteiger partial charge in [-0.1, -0.05) is 18.2 Å². The van der Waals surface area contributed by atoms with Gasteiger partial charge >= 0.3 is 0 Å². The van der Waals surface area contributed by atoms with E-state index in [-0.39, 0.29) is 5.91 Å². The minimum Gasteiger partial charge on any atom is -0.494 e. The van der Waals surface area contributed by atoms with Crippen molar-refractivity contribution in [3.63, 3.8) is 0 Å². The Morgan fingerprint density at radius 2 is 1.96 bits per heavy atom. The van der Waals surface area contributed by atoms with E-state index in [4.69, 9.17) is 4.74 Å². The van der Waals surface area contributed by atoms with Gasteiger partial charge in [-0.15, -0.1) is 0 Å². The lowest BCUT2D eigenvalue weighted by Gasteiger charge is -2.20. The van der Waals surface area contributed by atoms with E-state index in [1.54, 1.807) is 66.5 Å². The summed E-state index contributed by atoms with van der Waals surface area (Å²) >= 11 is 0. The molecule has 3 rings (SSSR count). The average Bonchev–Trinajstić information content (AvgIpc) is 3.07. The molecule has 2 aromatic carbocycles. The lowest BCUT2D eigenvalue weighted by atomic mass is 10.0. The Morgan fingerprint density at radius 3 is 2.58 bits per heavy atom. The molecule has 0 unspecified atom stereocenters. The van der Waals surface area contributed by atoms with E-state index in [2.05, 4.69) is 10.3 Å². The molecule has 6 heteroatoms. The normalized spacial score (nSPS) is 11.8. The second-order valence-corrected chi connectivity index (χ2v) is 5.78. The number of benzene rings is 2. The van der Waals surface area contributed by atoms with Crippen LogP contribution in [0.2, 0.25) is 0 Å². The van der Waals surface area contributed by atoms with Gasteiger partial charge in [0, 0.05) is 30.6 Å². The highest BCUT2D eigenvalue weighted by Gasteiger charge is 2.24. The van der Waals surface area contributed by atoms with E-state index in [9.17, 15) is 9.18 Å². The second kappa shape index (κ2) is 7.82. The first-order valence-electron chi connectivity index (χ1n) is 8.35. The predicted molar refractivity (Wildman–Crippen MR) is 96.5 cm³/mol. The molecule has 5 nitrogen and oxygen atoms in total. The maximum absolute atomic E-state index is 14.3. The summed E-state index contributed by atoms with van der Waals surface area (Å²) in [6.45, 7) is 2.45. The zero-order chi connectivity index (χ0) is 18.5. The number of carbonyl (C=O) groups is 1. The van der Waals surface area contributed by atoms with Crippen LogP contribution in [0, 0.1) is 5.82 Å². The van der Waals surface area contributed by atoms with E-state index in [0.29, 0.717) is 29.3 Å². The maximum atomic E-state index is 14.3. The maximum Gasteiger partial charge on any atom is 0.252 e. The zero-order valence-electron chi connectivity index (χ0n) is 14.6. The summed E-state index contributed by atoms with van der Waals surface area (Å²) in [6.07, 6.45) is 3.37. The van der Waals surface area contributed by atoms with Crippen molar-refractivity contribution in [2.45, 2.75) is 13.0 Å². The van der Waals surface area contributed by atoms with Crippen LogP contribution in [0.5, 0.6) is 5.75 Å². The number of ether oxygens (including phenoxy) is 1. The van der Waals surface area contributed by atoms with Crippen LogP contribution in [0.25, 0.3) is 0 Å². The van der Waals surface area contributed by atoms with Gasteiger partial charge in [-0.25, -0.2) is 9.37 Å². The average molecular weight is 353 g/mol. The standard InChI is InChI=1S/C20H20FN3O2/c1-3-26-15-10-8-14(9-11-15)20(25)23-18(19-22-12-13-24(19)2)16-6-4-5-7-17(16)21/h4-13,18H,3H2,1-2H3,(H,23,25)/t18-/m0/s1. The van der Waals surface area contributed by atoms with Crippen LogP contribution >= 0.6 is 0 Å². The zero-order valence-corrected chi connectivity index (χ0v) is 14.6. The Morgan fingerprint density at radius 1 is 1.23 bits per heavy atom. The quantitative estimate of drug-likeness (QED) is 0.738. The first kappa shape index (κ1) is 17.7. The summed E-state index contributed by atoms with van der Waals surface area (Å²) in [4.78, 5) is 17.0. The summed E-state index contributed by atoms with van der Waals surface area (Å²) < 4.78 is 21.5. The van der Waals surface area contributed by atoms with Crippen molar-refractivity contribution in [3.05, 3.63) is 83.7 Å². The molecule has 26 heavy (non-hydrogen) atoms.